The Kier molecular flexibility index (Phi) is 6.07. The number of methoxy groups -OCH3 is 1. The van der Waals surface area contributed by atoms with E-state index in [4.69, 9.17) is 4.74 Å². The first kappa shape index (κ1) is 16.3. The number of nitrogens with zero attached hydrogens (tertiary/aromatic N) is 1. The quantitative estimate of drug-likeness (QED) is 0.831. The van der Waals surface area contributed by atoms with Crippen LogP contribution in [0.4, 0.5) is 0 Å². The summed E-state index contributed by atoms with van der Waals surface area (Å²) in [7, 11) is 1.77. The molecule has 0 aromatic heterocycles. The fraction of sp³-hybridized carbons (Fsp3) is 0.667. The van der Waals surface area contributed by atoms with Gasteiger partial charge in [-0.05, 0) is 52.3 Å². The van der Waals surface area contributed by atoms with Crippen LogP contribution in [0.5, 0.6) is 5.75 Å². The van der Waals surface area contributed by atoms with E-state index in [0.717, 1.165) is 18.8 Å². The molecule has 1 heterocycles. The highest BCUT2D eigenvalue weighted by Crippen LogP contribution is 2.30. The van der Waals surface area contributed by atoms with Crippen molar-refractivity contribution in [3.8, 4) is 5.75 Å². The summed E-state index contributed by atoms with van der Waals surface area (Å²) in [5.74, 6) is 1.01. The minimum Gasteiger partial charge on any atom is -0.496 e. The Bertz CT molecular complexity index is 441. The van der Waals surface area contributed by atoms with Crippen LogP contribution >= 0.6 is 0 Å². The molecule has 2 rings (SSSR count). The van der Waals surface area contributed by atoms with Gasteiger partial charge in [-0.15, -0.1) is 0 Å². The molecule has 1 aliphatic rings. The Morgan fingerprint density at radius 3 is 2.86 bits per heavy atom. The van der Waals surface area contributed by atoms with Gasteiger partial charge in [-0.3, -0.25) is 4.90 Å². The van der Waals surface area contributed by atoms with E-state index in [0.29, 0.717) is 12.1 Å². The highest BCUT2D eigenvalue weighted by atomic mass is 16.5. The molecular formula is C18H30N2O. The van der Waals surface area contributed by atoms with Gasteiger partial charge >= 0.3 is 0 Å². The lowest BCUT2D eigenvalue weighted by atomic mass is 10.0. The summed E-state index contributed by atoms with van der Waals surface area (Å²) in [6.45, 7) is 10.2. The lowest BCUT2D eigenvalue weighted by Crippen LogP contribution is -2.39. The summed E-state index contributed by atoms with van der Waals surface area (Å²) in [5, 5.41) is 3.62. The number of ether oxygens (including phenoxy) is 1. The zero-order chi connectivity index (χ0) is 15.2. The third-order valence-corrected chi connectivity index (χ3v) is 4.51. The van der Waals surface area contributed by atoms with E-state index in [-0.39, 0.29) is 0 Å². The Hall–Kier alpha value is -1.06. The second kappa shape index (κ2) is 7.81. The molecule has 3 nitrogen and oxygen atoms in total. The van der Waals surface area contributed by atoms with E-state index < -0.39 is 0 Å². The molecule has 1 fully saturated rings. The van der Waals surface area contributed by atoms with Crippen LogP contribution in [0, 0.1) is 6.92 Å². The smallest absolute Gasteiger partial charge is 0.123 e. The molecule has 3 heteroatoms. The normalized spacial score (nSPS) is 20.0. The van der Waals surface area contributed by atoms with Crippen molar-refractivity contribution in [3.63, 3.8) is 0 Å². The molecule has 1 N–H and O–H groups in total. The molecular weight excluding hydrogens is 260 g/mol. The van der Waals surface area contributed by atoms with Gasteiger partial charge in [0.15, 0.2) is 0 Å². The van der Waals surface area contributed by atoms with E-state index in [9.17, 15) is 0 Å². The first-order chi connectivity index (χ1) is 10.2. The molecule has 21 heavy (non-hydrogen) atoms. The van der Waals surface area contributed by atoms with Crippen LogP contribution in [0.25, 0.3) is 0 Å². The second-order valence-electron chi connectivity index (χ2n) is 6.21. The Labute approximate surface area is 129 Å². The average molecular weight is 290 g/mol. The highest BCUT2D eigenvalue weighted by molar-refractivity contribution is 5.39. The molecule has 2 atom stereocenters. The van der Waals surface area contributed by atoms with Crippen LogP contribution in [0.15, 0.2) is 18.2 Å². The first-order valence-corrected chi connectivity index (χ1v) is 8.27. The summed E-state index contributed by atoms with van der Waals surface area (Å²) in [6.07, 6.45) is 3.80. The standard InChI is InChI=1S/C18H30N2O/c1-5-11-20(13-16-7-6-10-19-16)15(3)17-12-14(2)8-9-18(17)21-4/h8-9,12,15-16,19H,5-7,10-11,13H2,1-4H3. The van der Waals surface area contributed by atoms with Crippen LogP contribution in [-0.2, 0) is 0 Å². The lowest BCUT2D eigenvalue weighted by Gasteiger charge is -2.32. The van der Waals surface area contributed by atoms with E-state index in [2.05, 4.69) is 49.2 Å². The number of hydrogen-bond donors (Lipinski definition) is 1. The monoisotopic (exact) mass is 290 g/mol. The molecule has 0 aliphatic carbocycles. The molecule has 0 spiro atoms. The van der Waals surface area contributed by atoms with E-state index >= 15 is 0 Å². The molecule has 0 amide bonds. The van der Waals surface area contributed by atoms with Crippen LogP contribution in [-0.4, -0.2) is 37.7 Å². The molecule has 1 aromatic carbocycles. The van der Waals surface area contributed by atoms with Crippen LogP contribution in [0.1, 0.15) is 50.3 Å². The van der Waals surface area contributed by atoms with Crippen LogP contribution in [0.2, 0.25) is 0 Å². The van der Waals surface area contributed by atoms with Crippen molar-refractivity contribution >= 4 is 0 Å². The van der Waals surface area contributed by atoms with Crippen molar-refractivity contribution in [1.82, 2.24) is 10.2 Å². The largest absolute Gasteiger partial charge is 0.496 e. The summed E-state index contributed by atoms with van der Waals surface area (Å²) in [6, 6.07) is 7.53. The Morgan fingerprint density at radius 1 is 1.43 bits per heavy atom. The van der Waals surface area contributed by atoms with Crippen molar-refractivity contribution in [2.75, 3.05) is 26.7 Å². The van der Waals surface area contributed by atoms with Crippen LogP contribution < -0.4 is 10.1 Å². The Morgan fingerprint density at radius 2 is 2.24 bits per heavy atom. The van der Waals surface area contributed by atoms with Crippen molar-refractivity contribution < 1.29 is 4.74 Å². The molecule has 0 radical (unpaired) electrons. The summed E-state index contributed by atoms with van der Waals surface area (Å²) in [4.78, 5) is 2.60. The number of nitrogens with one attached hydrogen (secondary N) is 1. The van der Waals surface area contributed by atoms with Crippen LogP contribution in [0.3, 0.4) is 0 Å². The van der Waals surface area contributed by atoms with Crippen molar-refractivity contribution in [1.29, 1.82) is 0 Å². The molecule has 1 saturated heterocycles. The number of aryl methyl sites for hydroxylation is 1. The molecule has 118 valence electrons. The van der Waals surface area contributed by atoms with Gasteiger partial charge in [0.05, 0.1) is 7.11 Å². The topological polar surface area (TPSA) is 24.5 Å². The van der Waals surface area contributed by atoms with Gasteiger partial charge in [0.1, 0.15) is 5.75 Å². The van der Waals surface area contributed by atoms with E-state index in [1.54, 1.807) is 7.11 Å². The van der Waals surface area contributed by atoms with Gasteiger partial charge in [0, 0.05) is 24.2 Å². The maximum absolute atomic E-state index is 5.58. The molecule has 2 unspecified atom stereocenters. The second-order valence-corrected chi connectivity index (χ2v) is 6.21. The minimum atomic E-state index is 0.391. The van der Waals surface area contributed by atoms with Gasteiger partial charge in [-0.1, -0.05) is 24.6 Å². The van der Waals surface area contributed by atoms with Gasteiger partial charge in [0.25, 0.3) is 0 Å². The molecule has 1 aliphatic heterocycles. The zero-order valence-corrected chi connectivity index (χ0v) is 14.0. The summed E-state index contributed by atoms with van der Waals surface area (Å²) in [5.41, 5.74) is 2.61. The maximum atomic E-state index is 5.58. The highest BCUT2D eigenvalue weighted by Gasteiger charge is 2.23. The predicted molar refractivity (Wildman–Crippen MR) is 89.0 cm³/mol. The fourth-order valence-electron chi connectivity index (χ4n) is 3.30. The fourth-order valence-corrected chi connectivity index (χ4v) is 3.30. The number of benzene rings is 1. The Balaban J connectivity index is 2.16. The van der Waals surface area contributed by atoms with Crippen molar-refractivity contribution in [3.05, 3.63) is 29.3 Å². The number of rotatable bonds is 7. The van der Waals surface area contributed by atoms with Gasteiger partial charge < -0.3 is 10.1 Å². The first-order valence-electron chi connectivity index (χ1n) is 8.27. The van der Waals surface area contributed by atoms with Gasteiger partial charge in [-0.2, -0.15) is 0 Å². The third kappa shape index (κ3) is 4.21. The lowest BCUT2D eigenvalue weighted by molar-refractivity contribution is 0.189. The van der Waals surface area contributed by atoms with Crippen molar-refractivity contribution in [2.24, 2.45) is 0 Å². The van der Waals surface area contributed by atoms with Gasteiger partial charge in [-0.25, -0.2) is 0 Å². The SMILES string of the molecule is CCCN(CC1CCCN1)C(C)c1cc(C)ccc1OC. The van der Waals surface area contributed by atoms with Crippen molar-refractivity contribution in [2.45, 2.75) is 52.1 Å². The molecule has 1 aromatic rings. The minimum absolute atomic E-state index is 0.391. The molecule has 0 bridgehead atoms. The molecule has 0 saturated carbocycles. The zero-order valence-electron chi connectivity index (χ0n) is 14.0. The third-order valence-electron chi connectivity index (χ3n) is 4.51. The van der Waals surface area contributed by atoms with Gasteiger partial charge in [0.2, 0.25) is 0 Å². The summed E-state index contributed by atoms with van der Waals surface area (Å²) >= 11 is 0. The maximum Gasteiger partial charge on any atom is 0.123 e. The summed E-state index contributed by atoms with van der Waals surface area (Å²) < 4.78 is 5.58. The number of hydrogen-bond acceptors (Lipinski definition) is 3. The predicted octanol–water partition coefficient (Wildman–Crippen LogP) is 3.53. The van der Waals surface area contributed by atoms with E-state index in [1.807, 2.05) is 0 Å². The van der Waals surface area contributed by atoms with E-state index in [1.165, 1.54) is 36.9 Å². The average Bonchev–Trinajstić information content (AvgIpc) is 2.99.